The highest BCUT2D eigenvalue weighted by molar-refractivity contribution is 7.15. The summed E-state index contributed by atoms with van der Waals surface area (Å²) >= 11 is 13.9. The van der Waals surface area contributed by atoms with Crippen LogP contribution in [0.4, 0.5) is 11.8 Å². The van der Waals surface area contributed by atoms with Crippen molar-refractivity contribution in [2.24, 2.45) is 0 Å². The van der Waals surface area contributed by atoms with E-state index in [2.05, 4.69) is 25.6 Å². The molecule has 142 valence electrons. The van der Waals surface area contributed by atoms with Crippen molar-refractivity contribution in [3.05, 3.63) is 76.1 Å². The molecule has 0 unspecified atom stereocenters. The van der Waals surface area contributed by atoms with Crippen molar-refractivity contribution in [1.82, 2.24) is 24.8 Å². The van der Waals surface area contributed by atoms with Crippen LogP contribution in [-0.4, -0.2) is 24.8 Å². The van der Waals surface area contributed by atoms with E-state index in [0.29, 0.717) is 21.8 Å². The number of nitrogens with one attached hydrogen (secondary N) is 1. The van der Waals surface area contributed by atoms with Crippen molar-refractivity contribution in [3.8, 4) is 22.5 Å². The number of aromatic nitrogens is 5. The van der Waals surface area contributed by atoms with E-state index in [9.17, 15) is 0 Å². The van der Waals surface area contributed by atoms with Crippen LogP contribution in [0.2, 0.25) is 10.0 Å². The van der Waals surface area contributed by atoms with Crippen LogP contribution >= 0.6 is 34.5 Å². The molecule has 29 heavy (non-hydrogen) atoms. The molecule has 9 heteroatoms. The molecule has 5 aromatic rings. The fourth-order valence-electron chi connectivity index (χ4n) is 2.89. The maximum absolute atomic E-state index is 6.34. The monoisotopic (exact) mass is 438 g/mol. The van der Waals surface area contributed by atoms with Gasteiger partial charge in [0.25, 0.3) is 0 Å². The summed E-state index contributed by atoms with van der Waals surface area (Å²) in [6.07, 6.45) is 0. The van der Waals surface area contributed by atoms with Gasteiger partial charge in [-0.25, -0.2) is 4.52 Å². The molecule has 0 aliphatic rings. The zero-order valence-corrected chi connectivity index (χ0v) is 17.1. The van der Waals surface area contributed by atoms with Gasteiger partial charge >= 0.3 is 0 Å². The third kappa shape index (κ3) is 3.55. The molecule has 0 aliphatic heterocycles. The molecule has 0 atom stereocenters. The first-order valence-electron chi connectivity index (χ1n) is 8.63. The maximum atomic E-state index is 6.34. The minimum Gasteiger partial charge on any atom is -0.306 e. The summed E-state index contributed by atoms with van der Waals surface area (Å²) in [5.41, 5.74) is 3.43. The lowest BCUT2D eigenvalue weighted by Crippen LogP contribution is -1.98. The number of nitrogens with zero attached hydrogens (tertiary/aromatic N) is 5. The van der Waals surface area contributed by atoms with Gasteiger partial charge in [0.2, 0.25) is 10.9 Å². The average Bonchev–Trinajstić information content (AvgIpc) is 3.31. The second kappa shape index (κ2) is 7.44. The van der Waals surface area contributed by atoms with Crippen LogP contribution in [0.3, 0.4) is 0 Å². The Kier molecular flexibility index (Phi) is 4.63. The Morgan fingerprint density at radius 2 is 1.79 bits per heavy atom. The first-order valence-corrected chi connectivity index (χ1v) is 10.3. The average molecular weight is 439 g/mol. The van der Waals surface area contributed by atoms with E-state index in [0.717, 1.165) is 27.5 Å². The molecule has 0 spiro atoms. The molecular formula is C20H12Cl2N6S. The molecule has 0 aliphatic carbocycles. The molecule has 0 saturated heterocycles. The Bertz CT molecular complexity index is 1300. The lowest BCUT2D eigenvalue weighted by atomic mass is 10.1. The molecule has 1 N–H and O–H groups in total. The number of hydrogen-bond acceptors (Lipinski definition) is 6. The molecule has 0 fully saturated rings. The fourth-order valence-corrected chi connectivity index (χ4v) is 4.10. The van der Waals surface area contributed by atoms with Gasteiger partial charge in [-0.3, -0.25) is 0 Å². The maximum Gasteiger partial charge on any atom is 0.249 e. The van der Waals surface area contributed by atoms with Crippen LogP contribution < -0.4 is 5.32 Å². The molecule has 0 bridgehead atoms. The highest BCUT2D eigenvalue weighted by Crippen LogP contribution is 2.33. The highest BCUT2D eigenvalue weighted by Gasteiger charge is 2.15. The zero-order chi connectivity index (χ0) is 19.8. The van der Waals surface area contributed by atoms with Gasteiger partial charge in [0.1, 0.15) is 0 Å². The van der Waals surface area contributed by atoms with E-state index in [1.54, 1.807) is 16.6 Å². The fraction of sp³-hybridized carbons (Fsp3) is 0. The summed E-state index contributed by atoms with van der Waals surface area (Å²) in [5.74, 6) is 0.989. The van der Waals surface area contributed by atoms with Gasteiger partial charge in [0, 0.05) is 21.5 Å². The van der Waals surface area contributed by atoms with E-state index in [1.165, 1.54) is 11.3 Å². The molecule has 6 nitrogen and oxygen atoms in total. The number of thiazole rings is 1. The number of halogens is 2. The van der Waals surface area contributed by atoms with E-state index < -0.39 is 0 Å². The van der Waals surface area contributed by atoms with E-state index >= 15 is 0 Å². The molecule has 2 aromatic carbocycles. The normalized spacial score (nSPS) is 11.1. The van der Waals surface area contributed by atoms with Crippen LogP contribution in [0, 0.1) is 0 Å². The van der Waals surface area contributed by atoms with Crippen molar-refractivity contribution in [3.63, 3.8) is 0 Å². The van der Waals surface area contributed by atoms with Gasteiger partial charge in [-0.2, -0.15) is 4.98 Å². The lowest BCUT2D eigenvalue weighted by Gasteiger charge is -2.03. The molecule has 0 amide bonds. The molecule has 0 saturated carbocycles. The van der Waals surface area contributed by atoms with Crippen LogP contribution in [0.15, 0.2) is 66.0 Å². The Labute approximate surface area is 179 Å². The first-order chi connectivity index (χ1) is 14.2. The van der Waals surface area contributed by atoms with Gasteiger partial charge in [-0.1, -0.05) is 53.5 Å². The van der Waals surface area contributed by atoms with Crippen molar-refractivity contribution >= 4 is 51.3 Å². The summed E-state index contributed by atoms with van der Waals surface area (Å²) in [5, 5.41) is 19.3. The Morgan fingerprint density at radius 1 is 0.931 bits per heavy atom. The van der Waals surface area contributed by atoms with Crippen molar-refractivity contribution in [2.45, 2.75) is 0 Å². The van der Waals surface area contributed by atoms with Crippen molar-refractivity contribution in [2.75, 3.05) is 5.32 Å². The topological polar surface area (TPSA) is 68.0 Å². The molecule has 5 rings (SSSR count). The van der Waals surface area contributed by atoms with Crippen LogP contribution in [0.25, 0.3) is 27.5 Å². The second-order valence-corrected chi connectivity index (χ2v) is 7.85. The minimum atomic E-state index is 0.429. The highest BCUT2D eigenvalue weighted by atomic mass is 35.5. The van der Waals surface area contributed by atoms with Gasteiger partial charge in [0.05, 0.1) is 16.4 Å². The molecule has 3 heterocycles. The Morgan fingerprint density at radius 3 is 2.59 bits per heavy atom. The number of anilines is 2. The SMILES string of the molecule is Clc1ccc(Cl)c(-c2csc3nc(Nc4ccc(-c5ccccc5)nn4)nn23)c1. The van der Waals surface area contributed by atoms with Gasteiger partial charge < -0.3 is 5.32 Å². The third-order valence-corrected chi connectivity index (χ3v) is 5.64. The molecule has 3 aromatic heterocycles. The van der Waals surface area contributed by atoms with Crippen molar-refractivity contribution in [1.29, 1.82) is 0 Å². The summed E-state index contributed by atoms with van der Waals surface area (Å²) < 4.78 is 1.73. The van der Waals surface area contributed by atoms with Crippen LogP contribution in [-0.2, 0) is 0 Å². The number of benzene rings is 2. The van der Waals surface area contributed by atoms with Gasteiger partial charge in [-0.05, 0) is 30.3 Å². The third-order valence-electron chi connectivity index (χ3n) is 4.26. The van der Waals surface area contributed by atoms with Crippen LogP contribution in [0.1, 0.15) is 0 Å². The largest absolute Gasteiger partial charge is 0.306 e. The predicted octanol–water partition coefficient (Wildman–Crippen LogP) is 5.97. The summed E-state index contributed by atoms with van der Waals surface area (Å²) in [6.45, 7) is 0. The first kappa shape index (κ1) is 18.1. The number of hydrogen-bond donors (Lipinski definition) is 1. The van der Waals surface area contributed by atoms with E-state index in [4.69, 9.17) is 23.2 Å². The smallest absolute Gasteiger partial charge is 0.249 e. The summed E-state index contributed by atoms with van der Waals surface area (Å²) in [4.78, 5) is 5.23. The zero-order valence-electron chi connectivity index (χ0n) is 14.8. The Hall–Kier alpha value is -3.00. The minimum absolute atomic E-state index is 0.429. The second-order valence-electron chi connectivity index (χ2n) is 6.17. The predicted molar refractivity (Wildman–Crippen MR) is 117 cm³/mol. The van der Waals surface area contributed by atoms with E-state index in [1.807, 2.05) is 53.9 Å². The van der Waals surface area contributed by atoms with Gasteiger partial charge in [-0.15, -0.1) is 26.6 Å². The Balaban J connectivity index is 1.43. The van der Waals surface area contributed by atoms with Crippen molar-refractivity contribution < 1.29 is 0 Å². The standard InChI is InChI=1S/C20H12Cl2N6S/c21-13-6-7-15(22)14(10-13)17-11-29-20-24-19(27-28(17)20)23-18-9-8-16(25-26-18)12-4-2-1-3-5-12/h1-11H,(H,23,26,27). The summed E-state index contributed by atoms with van der Waals surface area (Å²) in [7, 11) is 0. The molecule has 0 radical (unpaired) electrons. The summed E-state index contributed by atoms with van der Waals surface area (Å²) in [6, 6.07) is 19.0. The lowest BCUT2D eigenvalue weighted by molar-refractivity contribution is 0.980. The number of rotatable bonds is 4. The quantitative estimate of drug-likeness (QED) is 0.374. The van der Waals surface area contributed by atoms with E-state index in [-0.39, 0.29) is 0 Å². The van der Waals surface area contributed by atoms with Crippen LogP contribution in [0.5, 0.6) is 0 Å². The number of fused-ring (bicyclic) bond motifs is 1. The molecular weight excluding hydrogens is 427 g/mol. The van der Waals surface area contributed by atoms with Gasteiger partial charge in [0.15, 0.2) is 5.82 Å².